The molecular formula is C4H6AgF3O4. The van der Waals surface area contributed by atoms with Crippen LogP contribution >= 0.6 is 0 Å². The molecule has 0 saturated heterocycles. The minimum Gasteiger partial charge on any atom is -0.542 e. The quantitative estimate of drug-likeness (QED) is 0.560. The summed E-state index contributed by atoms with van der Waals surface area (Å²) in [7, 11) is 0. The van der Waals surface area contributed by atoms with E-state index in [-0.39, 0.29) is 35.6 Å². The first kappa shape index (κ1) is 17.9. The molecule has 0 aromatic heterocycles. The van der Waals surface area contributed by atoms with Gasteiger partial charge in [0.25, 0.3) is 0 Å². The zero-order chi connectivity index (χ0) is 9.49. The Morgan fingerprint density at radius 2 is 1.42 bits per heavy atom. The maximum atomic E-state index is 10.5. The molecule has 8 heteroatoms. The van der Waals surface area contributed by atoms with Gasteiger partial charge in [-0.15, -0.1) is 0 Å². The molecule has 0 aliphatic carbocycles. The first-order valence-corrected chi connectivity index (χ1v) is 2.36. The van der Waals surface area contributed by atoms with Crippen molar-refractivity contribution < 1.29 is 55.7 Å². The SMILES string of the molecule is O=C([O-])C(F)(F)F.OCCO.[Ag+]. The van der Waals surface area contributed by atoms with Crippen molar-refractivity contribution in [3.05, 3.63) is 0 Å². The van der Waals surface area contributed by atoms with Crippen molar-refractivity contribution >= 4 is 5.97 Å². The normalized spacial score (nSPS) is 9.08. The molecule has 0 amide bonds. The van der Waals surface area contributed by atoms with E-state index in [1.807, 2.05) is 0 Å². The monoisotopic (exact) mass is 282 g/mol. The fourth-order valence-corrected chi connectivity index (χ4v) is 0. The van der Waals surface area contributed by atoms with Gasteiger partial charge in [-0.3, -0.25) is 0 Å². The van der Waals surface area contributed by atoms with E-state index in [0.717, 1.165) is 0 Å². The largest absolute Gasteiger partial charge is 1.00 e. The van der Waals surface area contributed by atoms with E-state index in [2.05, 4.69) is 0 Å². The van der Waals surface area contributed by atoms with Gasteiger partial charge in [0.2, 0.25) is 0 Å². The molecule has 0 spiro atoms. The molecule has 12 heavy (non-hydrogen) atoms. The summed E-state index contributed by atoms with van der Waals surface area (Å²) in [4.78, 5) is 8.78. The summed E-state index contributed by atoms with van der Waals surface area (Å²) in [5, 5.41) is 24.0. The van der Waals surface area contributed by atoms with Crippen LogP contribution in [0.15, 0.2) is 0 Å². The van der Waals surface area contributed by atoms with Gasteiger partial charge in [0.1, 0.15) is 5.97 Å². The summed E-state index contributed by atoms with van der Waals surface area (Å²) in [5.74, 6) is -3.01. The van der Waals surface area contributed by atoms with Crippen LogP contribution in [0, 0.1) is 0 Å². The van der Waals surface area contributed by atoms with Crippen LogP contribution in [0.25, 0.3) is 0 Å². The molecule has 2 N–H and O–H groups in total. The predicted molar refractivity (Wildman–Crippen MR) is 25.2 cm³/mol. The second-order valence-electron chi connectivity index (χ2n) is 1.23. The molecule has 0 aromatic carbocycles. The van der Waals surface area contributed by atoms with Crippen molar-refractivity contribution in [3.8, 4) is 0 Å². The van der Waals surface area contributed by atoms with E-state index < -0.39 is 12.1 Å². The molecule has 0 atom stereocenters. The van der Waals surface area contributed by atoms with E-state index in [9.17, 15) is 13.2 Å². The van der Waals surface area contributed by atoms with E-state index in [4.69, 9.17) is 20.1 Å². The summed E-state index contributed by atoms with van der Waals surface area (Å²) < 4.78 is 31.5. The fraction of sp³-hybridized carbons (Fsp3) is 0.750. The zero-order valence-corrected chi connectivity index (χ0v) is 7.04. The summed E-state index contributed by atoms with van der Waals surface area (Å²) in [6, 6.07) is 0. The molecule has 0 bridgehead atoms. The first-order valence-electron chi connectivity index (χ1n) is 2.36. The number of rotatable bonds is 1. The third-order valence-electron chi connectivity index (χ3n) is 0.331. The van der Waals surface area contributed by atoms with Gasteiger partial charge in [-0.25, -0.2) is 0 Å². The number of hydrogen-bond acceptors (Lipinski definition) is 4. The number of carboxylic acid groups (broad SMARTS) is 1. The topological polar surface area (TPSA) is 80.6 Å². The zero-order valence-electron chi connectivity index (χ0n) is 5.56. The number of carbonyl (C=O) groups is 1. The molecule has 0 heterocycles. The van der Waals surface area contributed by atoms with Crippen molar-refractivity contribution in [3.63, 3.8) is 0 Å². The van der Waals surface area contributed by atoms with Crippen LogP contribution in [0.5, 0.6) is 0 Å². The number of carboxylic acids is 1. The van der Waals surface area contributed by atoms with Crippen LogP contribution in [0.2, 0.25) is 0 Å². The van der Waals surface area contributed by atoms with Crippen LogP contribution in [0.4, 0.5) is 13.2 Å². The average molecular weight is 283 g/mol. The molecule has 0 unspecified atom stereocenters. The molecule has 0 aliphatic heterocycles. The maximum absolute atomic E-state index is 10.5. The summed E-state index contributed by atoms with van der Waals surface area (Å²) >= 11 is 0. The van der Waals surface area contributed by atoms with E-state index in [1.54, 1.807) is 0 Å². The molecule has 0 radical (unpaired) electrons. The van der Waals surface area contributed by atoms with Crippen molar-refractivity contribution in [2.24, 2.45) is 0 Å². The Labute approximate surface area is 81.5 Å². The second-order valence-corrected chi connectivity index (χ2v) is 1.23. The van der Waals surface area contributed by atoms with Crippen LogP contribution in [0.1, 0.15) is 0 Å². The van der Waals surface area contributed by atoms with Gasteiger partial charge >= 0.3 is 28.6 Å². The van der Waals surface area contributed by atoms with Gasteiger partial charge in [-0.2, -0.15) is 13.2 Å². The molecule has 4 nitrogen and oxygen atoms in total. The minimum atomic E-state index is -5.19. The standard InChI is InChI=1S/C2HF3O2.C2H6O2.Ag/c3-2(4,5)1(6)7;3-1-2-4;/h(H,6,7);3-4H,1-2H2;/q;;+1/p-1. The number of hydrogen-bond donors (Lipinski definition) is 2. The van der Waals surface area contributed by atoms with E-state index >= 15 is 0 Å². The van der Waals surface area contributed by atoms with E-state index in [1.165, 1.54) is 0 Å². The van der Waals surface area contributed by atoms with E-state index in [0.29, 0.717) is 0 Å². The fourth-order valence-electron chi connectivity index (χ4n) is 0. The van der Waals surface area contributed by atoms with Crippen LogP contribution in [0.3, 0.4) is 0 Å². The molecule has 0 aromatic rings. The molecule has 0 rings (SSSR count). The Bertz CT molecular complexity index is 113. The average Bonchev–Trinajstić information content (AvgIpc) is 1.87. The Hall–Kier alpha value is -0.0797. The molecule has 0 fully saturated rings. The Morgan fingerprint density at radius 3 is 1.42 bits per heavy atom. The number of halogens is 3. The van der Waals surface area contributed by atoms with Crippen molar-refractivity contribution in [2.45, 2.75) is 6.18 Å². The summed E-state index contributed by atoms with van der Waals surface area (Å²) in [6.45, 7) is -0.250. The van der Waals surface area contributed by atoms with Crippen molar-refractivity contribution in [1.82, 2.24) is 0 Å². The van der Waals surface area contributed by atoms with Gasteiger partial charge in [0.15, 0.2) is 0 Å². The predicted octanol–water partition coefficient (Wildman–Crippen LogP) is -1.73. The van der Waals surface area contributed by atoms with Gasteiger partial charge < -0.3 is 20.1 Å². The summed E-state index contributed by atoms with van der Waals surface area (Å²) in [6.07, 6.45) is -5.19. The Balaban J connectivity index is -0.000000142. The summed E-state index contributed by atoms with van der Waals surface area (Å²) in [5.41, 5.74) is 0. The van der Waals surface area contributed by atoms with Gasteiger partial charge in [-0.1, -0.05) is 0 Å². The Morgan fingerprint density at radius 1 is 1.25 bits per heavy atom. The van der Waals surface area contributed by atoms with Crippen LogP contribution in [-0.2, 0) is 27.2 Å². The van der Waals surface area contributed by atoms with Gasteiger partial charge in [-0.05, 0) is 0 Å². The molecule has 0 aliphatic rings. The molecule has 0 saturated carbocycles. The number of carbonyl (C=O) groups excluding carboxylic acids is 1. The van der Waals surface area contributed by atoms with Gasteiger partial charge in [0.05, 0.1) is 13.2 Å². The number of aliphatic hydroxyl groups excluding tert-OH is 2. The number of aliphatic hydroxyl groups is 2. The van der Waals surface area contributed by atoms with Crippen molar-refractivity contribution in [1.29, 1.82) is 0 Å². The second kappa shape index (κ2) is 9.01. The van der Waals surface area contributed by atoms with Crippen LogP contribution < -0.4 is 5.11 Å². The number of alkyl halides is 3. The van der Waals surface area contributed by atoms with Crippen LogP contribution in [-0.4, -0.2) is 35.6 Å². The third-order valence-corrected chi connectivity index (χ3v) is 0.331. The minimum absolute atomic E-state index is 0. The first-order chi connectivity index (χ1) is 4.86. The smallest absolute Gasteiger partial charge is 0.542 e. The van der Waals surface area contributed by atoms with Gasteiger partial charge in [0, 0.05) is 0 Å². The third kappa shape index (κ3) is 16.5. The Kier molecular flexibility index (Phi) is 13.4. The molecular weight excluding hydrogens is 277 g/mol. The van der Waals surface area contributed by atoms with Crippen molar-refractivity contribution in [2.75, 3.05) is 13.2 Å². The number of aliphatic carboxylic acids is 1. The maximum Gasteiger partial charge on any atom is 1.00 e. The molecule has 78 valence electrons.